The fourth-order valence-corrected chi connectivity index (χ4v) is 5.24. The van der Waals surface area contributed by atoms with Gasteiger partial charge in [0.15, 0.2) is 6.61 Å². The van der Waals surface area contributed by atoms with Gasteiger partial charge >= 0.3 is 5.97 Å². The van der Waals surface area contributed by atoms with Gasteiger partial charge in [-0.25, -0.2) is 4.79 Å². The van der Waals surface area contributed by atoms with Gasteiger partial charge in [0.05, 0.1) is 5.02 Å². The summed E-state index contributed by atoms with van der Waals surface area (Å²) < 4.78 is 7.59. The van der Waals surface area contributed by atoms with Crippen LogP contribution < -0.4 is 4.74 Å². The van der Waals surface area contributed by atoms with Gasteiger partial charge in [0.1, 0.15) is 5.75 Å². The highest BCUT2D eigenvalue weighted by atomic mass is 127. The van der Waals surface area contributed by atoms with Gasteiger partial charge in [-0.15, -0.1) is 11.8 Å². The molecule has 0 heterocycles. The van der Waals surface area contributed by atoms with E-state index in [-0.39, 0.29) is 0 Å². The zero-order valence-corrected chi connectivity index (χ0v) is 21.5. The van der Waals surface area contributed by atoms with Crippen LogP contribution in [-0.2, 0) is 4.79 Å². The van der Waals surface area contributed by atoms with Gasteiger partial charge in [0.2, 0.25) is 0 Å². The number of rotatable bonds is 8. The summed E-state index contributed by atoms with van der Waals surface area (Å²) in [6.07, 6.45) is 2.24. The molecule has 154 valence electrons. The van der Waals surface area contributed by atoms with Gasteiger partial charge in [0.25, 0.3) is 0 Å². The number of hydrogen-bond donors (Lipinski definition) is 1. The van der Waals surface area contributed by atoms with Crippen molar-refractivity contribution in [1.82, 2.24) is 0 Å². The Morgan fingerprint density at radius 3 is 2.13 bits per heavy atom. The SMILES string of the molecule is O=C(O)COc1ccc(SCC=C(c2ccccc2I)c2ccccc2I)cc1Cl. The van der Waals surface area contributed by atoms with Crippen LogP contribution in [0.4, 0.5) is 0 Å². The Kier molecular flexibility index (Phi) is 8.91. The van der Waals surface area contributed by atoms with Gasteiger partial charge in [-0.3, -0.25) is 0 Å². The third-order valence-corrected chi connectivity index (χ3v) is 7.22. The zero-order valence-electron chi connectivity index (χ0n) is 15.6. The van der Waals surface area contributed by atoms with Crippen molar-refractivity contribution in [3.05, 3.63) is 96.1 Å². The Morgan fingerprint density at radius 2 is 1.60 bits per heavy atom. The van der Waals surface area contributed by atoms with E-state index in [9.17, 15) is 4.79 Å². The van der Waals surface area contributed by atoms with Crippen LogP contribution in [0.2, 0.25) is 5.02 Å². The first kappa shape index (κ1) is 23.4. The second-order valence-corrected chi connectivity index (χ2v) is 9.99. The molecular weight excluding hydrogens is 646 g/mol. The number of carbonyl (C=O) groups is 1. The Balaban J connectivity index is 1.82. The molecule has 0 saturated heterocycles. The molecule has 3 nitrogen and oxygen atoms in total. The minimum absolute atomic E-state index is 0.373. The van der Waals surface area contributed by atoms with Crippen molar-refractivity contribution in [2.75, 3.05) is 12.4 Å². The number of thioether (sulfide) groups is 1. The molecule has 0 amide bonds. The monoisotopic (exact) mass is 662 g/mol. The number of hydrogen-bond acceptors (Lipinski definition) is 3. The van der Waals surface area contributed by atoms with Crippen LogP contribution >= 0.6 is 68.5 Å². The van der Waals surface area contributed by atoms with Crippen LogP contribution in [0.25, 0.3) is 5.57 Å². The number of halogens is 3. The van der Waals surface area contributed by atoms with E-state index in [1.807, 2.05) is 18.2 Å². The lowest BCUT2D eigenvalue weighted by Crippen LogP contribution is -2.09. The maximum Gasteiger partial charge on any atom is 0.341 e. The summed E-state index contributed by atoms with van der Waals surface area (Å²) in [7, 11) is 0. The molecule has 7 heteroatoms. The summed E-state index contributed by atoms with van der Waals surface area (Å²) in [5, 5.41) is 9.14. The quantitative estimate of drug-likeness (QED) is 0.204. The minimum Gasteiger partial charge on any atom is -0.480 e. The van der Waals surface area contributed by atoms with Crippen LogP contribution in [0.1, 0.15) is 11.1 Å². The minimum atomic E-state index is -1.03. The van der Waals surface area contributed by atoms with E-state index < -0.39 is 12.6 Å². The Labute approximate surface area is 212 Å². The fraction of sp³-hybridized carbons (Fsp3) is 0.0870. The molecule has 3 aromatic carbocycles. The second kappa shape index (κ2) is 11.4. The number of carboxylic acid groups (broad SMARTS) is 1. The third-order valence-electron chi connectivity index (χ3n) is 4.12. The predicted octanol–water partition coefficient (Wildman–Crippen LogP) is 7.24. The highest BCUT2D eigenvalue weighted by Gasteiger charge is 2.11. The topological polar surface area (TPSA) is 46.5 Å². The summed E-state index contributed by atoms with van der Waals surface area (Å²) in [5.74, 6) is 0.0994. The first-order chi connectivity index (χ1) is 14.5. The van der Waals surface area contributed by atoms with E-state index in [0.717, 1.165) is 10.6 Å². The van der Waals surface area contributed by atoms with Crippen LogP contribution in [0.3, 0.4) is 0 Å². The first-order valence-corrected chi connectivity index (χ1v) is 12.4. The Hall–Kier alpha value is -1.23. The van der Waals surface area contributed by atoms with Crippen LogP contribution in [-0.4, -0.2) is 23.4 Å². The normalized spacial score (nSPS) is 10.5. The van der Waals surface area contributed by atoms with E-state index in [2.05, 4.69) is 87.7 Å². The molecule has 0 radical (unpaired) electrons. The average molecular weight is 663 g/mol. The molecular formula is C23H17ClI2O3S. The molecule has 0 fully saturated rings. The molecule has 3 aromatic rings. The number of carboxylic acids is 1. The summed E-state index contributed by atoms with van der Waals surface area (Å²) in [5.41, 5.74) is 3.61. The lowest BCUT2D eigenvalue weighted by Gasteiger charge is -2.13. The Morgan fingerprint density at radius 1 is 1.00 bits per heavy atom. The van der Waals surface area contributed by atoms with Crippen LogP contribution in [0, 0.1) is 7.14 Å². The molecule has 0 atom stereocenters. The van der Waals surface area contributed by atoms with Crippen molar-refractivity contribution in [1.29, 1.82) is 0 Å². The molecule has 1 N–H and O–H groups in total. The molecule has 0 aliphatic heterocycles. The van der Waals surface area contributed by atoms with E-state index in [1.54, 1.807) is 23.9 Å². The van der Waals surface area contributed by atoms with Gasteiger partial charge in [-0.1, -0.05) is 54.1 Å². The lowest BCUT2D eigenvalue weighted by atomic mass is 9.98. The van der Waals surface area contributed by atoms with Crippen LogP contribution in [0.15, 0.2) is 77.7 Å². The van der Waals surface area contributed by atoms with Gasteiger partial charge in [0, 0.05) is 17.8 Å². The van der Waals surface area contributed by atoms with Crippen molar-refractivity contribution in [2.24, 2.45) is 0 Å². The highest BCUT2D eigenvalue weighted by Crippen LogP contribution is 2.33. The summed E-state index contributed by atoms with van der Waals surface area (Å²) in [6, 6.07) is 22.1. The molecule has 0 aliphatic rings. The predicted molar refractivity (Wildman–Crippen MR) is 141 cm³/mol. The van der Waals surface area contributed by atoms with Crippen molar-refractivity contribution in [3.63, 3.8) is 0 Å². The lowest BCUT2D eigenvalue weighted by molar-refractivity contribution is -0.139. The van der Waals surface area contributed by atoms with E-state index in [0.29, 0.717) is 10.8 Å². The van der Waals surface area contributed by atoms with Gasteiger partial charge < -0.3 is 9.84 Å². The number of aliphatic carboxylic acids is 1. The van der Waals surface area contributed by atoms with Gasteiger partial charge in [-0.2, -0.15) is 0 Å². The molecule has 0 spiro atoms. The van der Waals surface area contributed by atoms with Crippen molar-refractivity contribution in [2.45, 2.75) is 4.90 Å². The molecule has 0 unspecified atom stereocenters. The van der Waals surface area contributed by atoms with E-state index in [1.165, 1.54) is 23.8 Å². The zero-order chi connectivity index (χ0) is 21.5. The largest absolute Gasteiger partial charge is 0.480 e. The maximum absolute atomic E-state index is 10.7. The highest BCUT2D eigenvalue weighted by molar-refractivity contribution is 14.1. The molecule has 3 rings (SSSR count). The number of benzene rings is 3. The average Bonchev–Trinajstić information content (AvgIpc) is 2.72. The van der Waals surface area contributed by atoms with E-state index >= 15 is 0 Å². The first-order valence-electron chi connectivity index (χ1n) is 8.92. The van der Waals surface area contributed by atoms with Crippen molar-refractivity contribution < 1.29 is 14.6 Å². The summed E-state index contributed by atoms with van der Waals surface area (Å²) in [6.45, 7) is -0.413. The van der Waals surface area contributed by atoms with Gasteiger partial charge in [-0.05, 0) is 92.2 Å². The number of ether oxygens (including phenoxy) is 1. The summed E-state index contributed by atoms with van der Waals surface area (Å²) in [4.78, 5) is 11.6. The molecule has 0 aromatic heterocycles. The molecule has 0 aliphatic carbocycles. The maximum atomic E-state index is 10.7. The van der Waals surface area contributed by atoms with Crippen LogP contribution in [0.5, 0.6) is 5.75 Å². The summed E-state index contributed by atoms with van der Waals surface area (Å²) >= 11 is 12.6. The second-order valence-electron chi connectivity index (χ2n) is 6.16. The fourth-order valence-electron chi connectivity index (χ4n) is 2.77. The Bertz CT molecular complexity index is 1040. The molecule has 0 bridgehead atoms. The van der Waals surface area contributed by atoms with Crippen molar-refractivity contribution >= 4 is 80.1 Å². The molecule has 30 heavy (non-hydrogen) atoms. The molecule has 0 saturated carbocycles. The third kappa shape index (κ3) is 6.38. The smallest absolute Gasteiger partial charge is 0.341 e. The standard InChI is InChI=1S/C23H17ClI2O3S/c24-19-13-15(9-10-22(19)29-14-23(27)28)30-12-11-16(17-5-1-3-7-20(17)25)18-6-2-4-8-21(18)26/h1-11,13H,12,14H2,(H,27,28). The van der Waals surface area contributed by atoms with Crippen molar-refractivity contribution in [3.8, 4) is 5.75 Å². The van der Waals surface area contributed by atoms with E-state index in [4.69, 9.17) is 21.4 Å².